The minimum atomic E-state index is -0.367. The summed E-state index contributed by atoms with van der Waals surface area (Å²) in [5, 5.41) is 0. The van der Waals surface area contributed by atoms with Crippen LogP contribution in [0.15, 0.2) is 0 Å². The number of hydrogen-bond acceptors (Lipinski definition) is 2. The molecule has 0 aromatic rings. The van der Waals surface area contributed by atoms with E-state index in [1.54, 1.807) is 0 Å². The van der Waals surface area contributed by atoms with Gasteiger partial charge in [0.2, 0.25) is 0 Å². The Kier molecular flexibility index (Phi) is 7.83. The van der Waals surface area contributed by atoms with E-state index < -0.39 is 0 Å². The second-order valence-corrected chi connectivity index (χ2v) is 7.28. The lowest BCUT2D eigenvalue weighted by Gasteiger charge is -2.40. The number of hydrogen-bond donors (Lipinski definition) is 0. The van der Waals surface area contributed by atoms with Crippen LogP contribution in [0.25, 0.3) is 0 Å². The molecule has 0 saturated heterocycles. The van der Waals surface area contributed by atoms with Crippen LogP contribution in [0, 0.1) is 16.7 Å². The summed E-state index contributed by atoms with van der Waals surface area (Å²) in [5.74, 6) is 0.714. The first-order valence-corrected chi connectivity index (χ1v) is 8.41. The van der Waals surface area contributed by atoms with Gasteiger partial charge in [-0.05, 0) is 43.9 Å². The summed E-state index contributed by atoms with van der Waals surface area (Å²) >= 11 is 0. The van der Waals surface area contributed by atoms with Gasteiger partial charge in [0.15, 0.2) is 0 Å². The van der Waals surface area contributed by atoms with E-state index in [4.69, 9.17) is 4.74 Å². The van der Waals surface area contributed by atoms with Gasteiger partial charge in [0.05, 0.1) is 5.41 Å². The number of carbonyl (C=O) groups is 1. The van der Waals surface area contributed by atoms with Crippen molar-refractivity contribution in [2.45, 2.75) is 93.6 Å². The van der Waals surface area contributed by atoms with Gasteiger partial charge in [-0.1, -0.05) is 54.9 Å². The maximum atomic E-state index is 12.5. The summed E-state index contributed by atoms with van der Waals surface area (Å²) in [6.07, 6.45) is 5.35. The van der Waals surface area contributed by atoms with Crippen molar-refractivity contribution in [2.24, 2.45) is 16.7 Å². The lowest BCUT2D eigenvalue weighted by atomic mass is 9.65. The predicted octanol–water partition coefficient (Wildman–Crippen LogP) is 5.60. The van der Waals surface area contributed by atoms with Crippen LogP contribution in [0.3, 0.4) is 0 Å². The van der Waals surface area contributed by atoms with Crippen LogP contribution in [-0.4, -0.2) is 12.1 Å². The molecule has 2 nitrogen and oxygen atoms in total. The molecule has 1 saturated carbocycles. The van der Waals surface area contributed by atoms with Crippen molar-refractivity contribution >= 4 is 5.97 Å². The molecule has 0 radical (unpaired) electrons. The molecule has 3 atom stereocenters. The standard InChI is InChI=1S/C16H30O2.C2H6/c1-7-10-16(6,15(3,4)5)14(17)18-13-9-8-12(2)11-13;1-2/h12-13H,7-11H2,1-6H3;1-2H3. The molecule has 1 fully saturated rings. The Bertz CT molecular complexity index is 290. The van der Waals surface area contributed by atoms with Gasteiger partial charge in [-0.25, -0.2) is 0 Å². The molecule has 0 heterocycles. The molecule has 0 bridgehead atoms. The number of esters is 1. The highest BCUT2D eigenvalue weighted by Gasteiger charge is 2.45. The highest BCUT2D eigenvalue weighted by Crippen LogP contribution is 2.44. The zero-order chi connectivity index (χ0) is 16.0. The molecule has 0 N–H and O–H groups in total. The molecule has 2 heteroatoms. The van der Waals surface area contributed by atoms with Crippen LogP contribution < -0.4 is 0 Å². The Hall–Kier alpha value is -0.530. The fourth-order valence-corrected chi connectivity index (χ4v) is 2.83. The van der Waals surface area contributed by atoms with Crippen LogP contribution in [0.2, 0.25) is 0 Å². The van der Waals surface area contributed by atoms with Crippen LogP contribution in [0.1, 0.15) is 87.5 Å². The fraction of sp³-hybridized carbons (Fsp3) is 0.944. The summed E-state index contributed by atoms with van der Waals surface area (Å²) in [6.45, 7) is 16.9. The Morgan fingerprint density at radius 1 is 1.15 bits per heavy atom. The third-order valence-corrected chi connectivity index (χ3v) is 4.78. The summed E-state index contributed by atoms with van der Waals surface area (Å²) in [6, 6.07) is 0. The van der Waals surface area contributed by atoms with Crippen LogP contribution in [0.4, 0.5) is 0 Å². The molecule has 1 rings (SSSR count). The van der Waals surface area contributed by atoms with Crippen molar-refractivity contribution in [3.63, 3.8) is 0 Å². The molecule has 0 amide bonds. The predicted molar refractivity (Wildman–Crippen MR) is 86.7 cm³/mol. The van der Waals surface area contributed by atoms with Crippen LogP contribution in [0.5, 0.6) is 0 Å². The maximum Gasteiger partial charge on any atom is 0.312 e. The molecule has 0 spiro atoms. The van der Waals surface area contributed by atoms with E-state index in [2.05, 4.69) is 41.5 Å². The first-order valence-electron chi connectivity index (χ1n) is 8.41. The van der Waals surface area contributed by atoms with Gasteiger partial charge in [0.1, 0.15) is 6.10 Å². The minimum Gasteiger partial charge on any atom is -0.462 e. The lowest BCUT2D eigenvalue weighted by Crippen LogP contribution is -2.42. The fourth-order valence-electron chi connectivity index (χ4n) is 2.83. The number of carbonyl (C=O) groups excluding carboxylic acids is 1. The second kappa shape index (κ2) is 8.05. The van der Waals surface area contributed by atoms with Crippen molar-refractivity contribution in [1.29, 1.82) is 0 Å². The molecular weight excluding hydrogens is 248 g/mol. The number of ether oxygens (including phenoxy) is 1. The van der Waals surface area contributed by atoms with Gasteiger partial charge < -0.3 is 4.74 Å². The molecule has 1 aliphatic carbocycles. The van der Waals surface area contributed by atoms with E-state index in [0.717, 1.165) is 25.7 Å². The number of rotatable bonds is 4. The molecule has 3 unspecified atom stereocenters. The molecule has 0 aromatic heterocycles. The van der Waals surface area contributed by atoms with Gasteiger partial charge in [-0.2, -0.15) is 0 Å². The zero-order valence-corrected chi connectivity index (χ0v) is 15.0. The van der Waals surface area contributed by atoms with Gasteiger partial charge >= 0.3 is 5.97 Å². The first kappa shape index (κ1) is 19.5. The van der Waals surface area contributed by atoms with Crippen LogP contribution >= 0.6 is 0 Å². The molecular formula is C18H36O2. The molecule has 0 aliphatic heterocycles. The van der Waals surface area contributed by atoms with Gasteiger partial charge in [-0.3, -0.25) is 4.79 Å². The largest absolute Gasteiger partial charge is 0.462 e. The van der Waals surface area contributed by atoms with Crippen molar-refractivity contribution < 1.29 is 9.53 Å². The Labute approximate surface area is 126 Å². The quantitative estimate of drug-likeness (QED) is 0.628. The van der Waals surface area contributed by atoms with Crippen molar-refractivity contribution in [1.82, 2.24) is 0 Å². The third-order valence-electron chi connectivity index (χ3n) is 4.78. The van der Waals surface area contributed by atoms with Gasteiger partial charge in [-0.15, -0.1) is 0 Å². The smallest absolute Gasteiger partial charge is 0.312 e. The first-order chi connectivity index (χ1) is 9.20. The average molecular weight is 284 g/mol. The summed E-state index contributed by atoms with van der Waals surface area (Å²) < 4.78 is 5.79. The van der Waals surface area contributed by atoms with E-state index >= 15 is 0 Å². The summed E-state index contributed by atoms with van der Waals surface area (Å²) in [7, 11) is 0. The van der Waals surface area contributed by atoms with E-state index in [1.165, 1.54) is 6.42 Å². The maximum absolute atomic E-state index is 12.5. The van der Waals surface area contributed by atoms with Crippen molar-refractivity contribution in [3.8, 4) is 0 Å². The monoisotopic (exact) mass is 284 g/mol. The summed E-state index contributed by atoms with van der Waals surface area (Å²) in [4.78, 5) is 12.5. The highest BCUT2D eigenvalue weighted by atomic mass is 16.5. The van der Waals surface area contributed by atoms with Gasteiger partial charge in [0, 0.05) is 0 Å². The second-order valence-electron chi connectivity index (χ2n) is 7.28. The van der Waals surface area contributed by atoms with Crippen LogP contribution in [-0.2, 0) is 9.53 Å². The SMILES string of the molecule is CC.CCCC(C)(C(=O)OC1CCC(C)C1)C(C)(C)C. The Morgan fingerprint density at radius 2 is 1.70 bits per heavy atom. The topological polar surface area (TPSA) is 26.3 Å². The van der Waals surface area contributed by atoms with E-state index in [1.807, 2.05) is 13.8 Å². The normalized spacial score (nSPS) is 25.4. The third kappa shape index (κ3) is 4.79. The highest BCUT2D eigenvalue weighted by molar-refractivity contribution is 5.77. The van der Waals surface area contributed by atoms with E-state index in [-0.39, 0.29) is 22.9 Å². The van der Waals surface area contributed by atoms with E-state index in [0.29, 0.717) is 5.92 Å². The Morgan fingerprint density at radius 3 is 2.05 bits per heavy atom. The van der Waals surface area contributed by atoms with Gasteiger partial charge in [0.25, 0.3) is 0 Å². The summed E-state index contributed by atoms with van der Waals surface area (Å²) in [5.41, 5.74) is -0.419. The lowest BCUT2D eigenvalue weighted by molar-refractivity contribution is -0.168. The minimum absolute atomic E-state index is 0.0101. The average Bonchev–Trinajstić information content (AvgIpc) is 2.76. The molecule has 20 heavy (non-hydrogen) atoms. The molecule has 1 aliphatic rings. The van der Waals surface area contributed by atoms with Crippen molar-refractivity contribution in [3.05, 3.63) is 0 Å². The zero-order valence-electron chi connectivity index (χ0n) is 15.0. The molecule has 120 valence electrons. The Balaban J connectivity index is 0.00000172. The van der Waals surface area contributed by atoms with Crippen molar-refractivity contribution in [2.75, 3.05) is 0 Å². The molecule has 0 aromatic carbocycles. The van der Waals surface area contributed by atoms with E-state index in [9.17, 15) is 4.79 Å².